The van der Waals surface area contributed by atoms with Crippen LogP contribution < -0.4 is 15.4 Å². The lowest BCUT2D eigenvalue weighted by Gasteiger charge is -2.18. The fourth-order valence-corrected chi connectivity index (χ4v) is 3.10. The molecule has 0 unspecified atom stereocenters. The van der Waals surface area contributed by atoms with Crippen LogP contribution in [0.1, 0.15) is 35.3 Å². The molecule has 0 atom stereocenters. The van der Waals surface area contributed by atoms with E-state index in [1.54, 1.807) is 36.5 Å². The van der Waals surface area contributed by atoms with Crippen molar-refractivity contribution in [2.24, 2.45) is 0 Å². The zero-order valence-corrected chi connectivity index (χ0v) is 16.5. The third-order valence-electron chi connectivity index (χ3n) is 3.93. The lowest BCUT2D eigenvalue weighted by Crippen LogP contribution is -2.37. The van der Waals surface area contributed by atoms with Crippen molar-refractivity contribution in [3.05, 3.63) is 63.8 Å². The average Bonchev–Trinajstić information content (AvgIpc) is 2.59. The zero-order chi connectivity index (χ0) is 19.6. The summed E-state index contributed by atoms with van der Waals surface area (Å²) < 4.78 is 6.28. The number of carbonyl (C=O) groups excluding carboxylic acids is 2. The minimum atomic E-state index is -0.457. The van der Waals surface area contributed by atoms with Crippen LogP contribution in [0.25, 0.3) is 5.57 Å². The number of hydrogen-bond donors (Lipinski definition) is 3. The highest BCUT2D eigenvalue weighted by Crippen LogP contribution is 2.28. The van der Waals surface area contributed by atoms with Gasteiger partial charge in [-0.15, -0.1) is 0 Å². The molecular formula is C20H19BrN2O4. The van der Waals surface area contributed by atoms with Crippen LogP contribution in [0.3, 0.4) is 0 Å². The predicted octanol–water partition coefficient (Wildman–Crippen LogP) is 3.34. The second kappa shape index (κ2) is 7.84. The summed E-state index contributed by atoms with van der Waals surface area (Å²) >= 11 is 3.36. The molecule has 0 spiro atoms. The van der Waals surface area contributed by atoms with Gasteiger partial charge in [-0.3, -0.25) is 14.9 Å². The maximum atomic E-state index is 12.2. The second-order valence-corrected chi connectivity index (χ2v) is 7.30. The van der Waals surface area contributed by atoms with Crippen LogP contribution in [0.5, 0.6) is 11.5 Å². The van der Waals surface area contributed by atoms with Gasteiger partial charge in [0.25, 0.3) is 11.8 Å². The van der Waals surface area contributed by atoms with Crippen LogP contribution in [0.4, 0.5) is 0 Å². The standard InChI is InChI=1S/C20H19BrN2O4/c1-11(2)27-18-6-3-12(7-17(18)24)9-22-10-16-15-8-13(21)4-5-14(15)19(25)23-20(16)26/h3-8,10-11,22,24H,9H2,1-2H3,(H,23,25,26)/b16-10-. The minimum Gasteiger partial charge on any atom is -0.504 e. The monoisotopic (exact) mass is 430 g/mol. The van der Waals surface area contributed by atoms with Gasteiger partial charge in [0.1, 0.15) is 0 Å². The highest BCUT2D eigenvalue weighted by Gasteiger charge is 2.27. The van der Waals surface area contributed by atoms with Gasteiger partial charge in [-0.05, 0) is 49.7 Å². The predicted molar refractivity (Wildman–Crippen MR) is 105 cm³/mol. The van der Waals surface area contributed by atoms with Gasteiger partial charge in [0.15, 0.2) is 11.5 Å². The third-order valence-corrected chi connectivity index (χ3v) is 4.42. The van der Waals surface area contributed by atoms with Crippen LogP contribution in [-0.4, -0.2) is 23.0 Å². The van der Waals surface area contributed by atoms with E-state index in [9.17, 15) is 14.7 Å². The molecule has 2 amide bonds. The molecule has 7 heteroatoms. The number of ether oxygens (including phenoxy) is 1. The van der Waals surface area contributed by atoms with Crippen molar-refractivity contribution in [3.63, 3.8) is 0 Å². The number of imide groups is 1. The van der Waals surface area contributed by atoms with Crippen LogP contribution in [-0.2, 0) is 11.3 Å². The topological polar surface area (TPSA) is 87.7 Å². The van der Waals surface area contributed by atoms with Crippen molar-refractivity contribution in [2.45, 2.75) is 26.5 Å². The van der Waals surface area contributed by atoms with E-state index in [0.29, 0.717) is 29.0 Å². The summed E-state index contributed by atoms with van der Waals surface area (Å²) in [5.41, 5.74) is 2.20. The highest BCUT2D eigenvalue weighted by atomic mass is 79.9. The first-order valence-electron chi connectivity index (χ1n) is 8.43. The van der Waals surface area contributed by atoms with Crippen LogP contribution in [0.15, 0.2) is 47.1 Å². The first-order chi connectivity index (χ1) is 12.8. The van der Waals surface area contributed by atoms with E-state index in [-0.39, 0.29) is 11.9 Å². The third kappa shape index (κ3) is 4.31. The summed E-state index contributed by atoms with van der Waals surface area (Å²) in [5.74, 6) is -0.381. The Balaban J connectivity index is 1.78. The highest BCUT2D eigenvalue weighted by molar-refractivity contribution is 9.10. The van der Waals surface area contributed by atoms with E-state index < -0.39 is 11.8 Å². The smallest absolute Gasteiger partial charge is 0.260 e. The summed E-state index contributed by atoms with van der Waals surface area (Å²) in [7, 11) is 0. The average molecular weight is 431 g/mol. The normalized spacial score (nSPS) is 14.9. The summed E-state index contributed by atoms with van der Waals surface area (Å²) in [6.45, 7) is 4.16. The number of nitrogens with one attached hydrogen (secondary N) is 2. The van der Waals surface area contributed by atoms with Crippen LogP contribution >= 0.6 is 15.9 Å². The Labute approximate surface area is 165 Å². The number of carbonyl (C=O) groups is 2. The van der Waals surface area contributed by atoms with Gasteiger partial charge in [-0.2, -0.15) is 0 Å². The maximum absolute atomic E-state index is 12.2. The molecule has 1 heterocycles. The molecule has 1 aliphatic rings. The van der Waals surface area contributed by atoms with Crippen molar-refractivity contribution in [3.8, 4) is 11.5 Å². The Morgan fingerprint density at radius 1 is 1.15 bits per heavy atom. The second-order valence-electron chi connectivity index (χ2n) is 6.38. The quantitative estimate of drug-likeness (QED) is 0.500. The van der Waals surface area contributed by atoms with Crippen molar-refractivity contribution in [2.75, 3.05) is 0 Å². The molecule has 0 fully saturated rings. The molecule has 27 heavy (non-hydrogen) atoms. The number of rotatable bonds is 5. The molecular weight excluding hydrogens is 412 g/mol. The van der Waals surface area contributed by atoms with E-state index in [2.05, 4.69) is 26.6 Å². The van der Waals surface area contributed by atoms with E-state index in [1.165, 1.54) is 0 Å². The van der Waals surface area contributed by atoms with Crippen molar-refractivity contribution >= 4 is 33.3 Å². The van der Waals surface area contributed by atoms with Crippen molar-refractivity contribution < 1.29 is 19.4 Å². The molecule has 140 valence electrons. The van der Waals surface area contributed by atoms with Crippen LogP contribution in [0.2, 0.25) is 0 Å². The van der Waals surface area contributed by atoms with E-state index in [0.717, 1.165) is 10.0 Å². The van der Waals surface area contributed by atoms with Gasteiger partial charge >= 0.3 is 0 Å². The van der Waals surface area contributed by atoms with E-state index >= 15 is 0 Å². The fourth-order valence-electron chi connectivity index (χ4n) is 2.74. The molecule has 3 N–H and O–H groups in total. The number of phenols is 1. The SMILES string of the molecule is CC(C)Oc1ccc(CN/C=C2\C(=O)NC(=O)c3ccc(Br)cc32)cc1O. The summed E-state index contributed by atoms with van der Waals surface area (Å²) in [6.07, 6.45) is 1.54. The summed E-state index contributed by atoms with van der Waals surface area (Å²) in [4.78, 5) is 24.2. The number of fused-ring (bicyclic) bond motifs is 1. The van der Waals surface area contributed by atoms with Gasteiger partial charge in [-0.25, -0.2) is 0 Å². The molecule has 3 rings (SSSR count). The Hall–Kier alpha value is -2.80. The molecule has 1 aliphatic heterocycles. The first kappa shape index (κ1) is 19.0. The molecule has 6 nitrogen and oxygen atoms in total. The van der Waals surface area contributed by atoms with Gasteiger partial charge in [0.2, 0.25) is 0 Å². The maximum Gasteiger partial charge on any atom is 0.260 e. The molecule has 0 bridgehead atoms. The van der Waals surface area contributed by atoms with Crippen molar-refractivity contribution in [1.29, 1.82) is 0 Å². The Morgan fingerprint density at radius 2 is 1.93 bits per heavy atom. The van der Waals surface area contributed by atoms with Crippen LogP contribution in [0, 0.1) is 0 Å². The van der Waals surface area contributed by atoms with Crippen molar-refractivity contribution in [1.82, 2.24) is 10.6 Å². The number of phenolic OH excluding ortho intramolecular Hbond substituents is 1. The lowest BCUT2D eigenvalue weighted by molar-refractivity contribution is -0.114. The largest absolute Gasteiger partial charge is 0.504 e. The molecule has 2 aromatic carbocycles. The number of halogens is 1. The minimum absolute atomic E-state index is 0.0310. The zero-order valence-electron chi connectivity index (χ0n) is 14.9. The molecule has 0 aromatic heterocycles. The molecule has 0 aliphatic carbocycles. The van der Waals surface area contributed by atoms with Gasteiger partial charge < -0.3 is 15.2 Å². The van der Waals surface area contributed by atoms with Gasteiger partial charge in [0.05, 0.1) is 11.7 Å². The fraction of sp³-hybridized carbons (Fsp3) is 0.200. The van der Waals surface area contributed by atoms with E-state index in [4.69, 9.17) is 4.74 Å². The summed E-state index contributed by atoms with van der Waals surface area (Å²) in [5, 5.41) is 15.4. The number of benzene rings is 2. The molecule has 0 radical (unpaired) electrons. The lowest BCUT2D eigenvalue weighted by atomic mass is 9.95. The van der Waals surface area contributed by atoms with Gasteiger partial charge in [0, 0.05) is 28.3 Å². The number of amides is 2. The molecule has 2 aromatic rings. The Morgan fingerprint density at radius 3 is 2.63 bits per heavy atom. The Kier molecular flexibility index (Phi) is 5.51. The van der Waals surface area contributed by atoms with E-state index in [1.807, 2.05) is 19.9 Å². The summed E-state index contributed by atoms with van der Waals surface area (Å²) in [6, 6.07) is 10.3. The molecule has 0 saturated carbocycles. The van der Waals surface area contributed by atoms with Gasteiger partial charge in [-0.1, -0.05) is 22.0 Å². The Bertz CT molecular complexity index is 938. The number of hydrogen-bond acceptors (Lipinski definition) is 5. The first-order valence-corrected chi connectivity index (χ1v) is 9.22. The molecule has 0 saturated heterocycles. The number of aromatic hydroxyl groups is 1.